The number of carbonyl (C=O) groups is 2. The summed E-state index contributed by atoms with van der Waals surface area (Å²) in [7, 11) is 0. The third-order valence-corrected chi connectivity index (χ3v) is 6.05. The molecule has 0 aromatic carbocycles. The van der Waals surface area contributed by atoms with Crippen LogP contribution in [0, 0.1) is 11.8 Å². The van der Waals surface area contributed by atoms with Crippen LogP contribution in [0.4, 0.5) is 5.82 Å². The van der Waals surface area contributed by atoms with Crippen LogP contribution in [0.25, 0.3) is 0 Å². The van der Waals surface area contributed by atoms with E-state index in [1.807, 2.05) is 23.2 Å². The monoisotopic (exact) mass is 400 g/mol. The summed E-state index contributed by atoms with van der Waals surface area (Å²) in [5.74, 6) is 1.35. The minimum absolute atomic E-state index is 0.0400. The molecule has 3 atom stereocenters. The molecule has 2 aliphatic heterocycles. The van der Waals surface area contributed by atoms with Gasteiger partial charge in [0.15, 0.2) is 0 Å². The first-order valence-corrected chi connectivity index (χ1v) is 10.9. The summed E-state index contributed by atoms with van der Waals surface area (Å²) in [6.45, 7) is 7.66. The smallest absolute Gasteiger partial charge is 0.225 e. The summed E-state index contributed by atoms with van der Waals surface area (Å²) in [4.78, 5) is 33.6. The van der Waals surface area contributed by atoms with Gasteiger partial charge in [0, 0.05) is 44.8 Å². The fourth-order valence-electron chi connectivity index (χ4n) is 4.39. The Kier molecular flexibility index (Phi) is 6.04. The highest BCUT2D eigenvalue weighted by Crippen LogP contribution is 2.32. The lowest BCUT2D eigenvalue weighted by molar-refractivity contribution is -0.136. The number of pyridine rings is 1. The van der Waals surface area contributed by atoms with E-state index < -0.39 is 0 Å². The van der Waals surface area contributed by atoms with Gasteiger partial charge in [-0.05, 0) is 51.2 Å². The highest BCUT2D eigenvalue weighted by Gasteiger charge is 2.36. The van der Waals surface area contributed by atoms with E-state index in [0.29, 0.717) is 13.1 Å². The third kappa shape index (κ3) is 5.07. The predicted molar refractivity (Wildman–Crippen MR) is 110 cm³/mol. The number of ether oxygens (including phenoxy) is 1. The fraction of sp³-hybridized carbons (Fsp3) is 0.682. The molecular weight excluding hydrogens is 368 g/mol. The second-order valence-corrected chi connectivity index (χ2v) is 8.80. The van der Waals surface area contributed by atoms with Crippen LogP contribution in [0.2, 0.25) is 0 Å². The zero-order valence-electron chi connectivity index (χ0n) is 17.5. The molecule has 158 valence electrons. The molecule has 1 aromatic heterocycles. The largest absolute Gasteiger partial charge is 0.372 e. The van der Waals surface area contributed by atoms with Crippen molar-refractivity contribution in [3.05, 3.63) is 23.9 Å². The van der Waals surface area contributed by atoms with Crippen molar-refractivity contribution < 1.29 is 14.3 Å². The Morgan fingerprint density at radius 2 is 1.86 bits per heavy atom. The van der Waals surface area contributed by atoms with E-state index in [4.69, 9.17) is 4.74 Å². The van der Waals surface area contributed by atoms with Crippen molar-refractivity contribution in [2.75, 3.05) is 31.1 Å². The number of anilines is 1. The Labute approximate surface area is 172 Å². The average Bonchev–Trinajstić information content (AvgIpc) is 3.56. The first-order chi connectivity index (χ1) is 14.0. The number of amides is 2. The van der Waals surface area contributed by atoms with Crippen LogP contribution in [0.15, 0.2) is 18.3 Å². The summed E-state index contributed by atoms with van der Waals surface area (Å²) in [6.07, 6.45) is 6.01. The maximum Gasteiger partial charge on any atom is 0.225 e. The predicted octanol–water partition coefficient (Wildman–Crippen LogP) is 1.96. The lowest BCUT2D eigenvalue weighted by atomic mass is 9.96. The van der Waals surface area contributed by atoms with Crippen molar-refractivity contribution in [3.8, 4) is 0 Å². The minimum atomic E-state index is -0.102. The number of carbonyl (C=O) groups excluding carboxylic acids is 2. The van der Waals surface area contributed by atoms with E-state index >= 15 is 0 Å². The van der Waals surface area contributed by atoms with Gasteiger partial charge in [-0.1, -0.05) is 6.07 Å². The molecule has 0 radical (unpaired) electrons. The number of nitrogens with one attached hydrogen (secondary N) is 1. The number of morpholine rings is 1. The minimum Gasteiger partial charge on any atom is -0.372 e. The van der Waals surface area contributed by atoms with Gasteiger partial charge in [-0.3, -0.25) is 9.59 Å². The van der Waals surface area contributed by atoms with Crippen molar-refractivity contribution in [1.82, 2.24) is 15.2 Å². The lowest BCUT2D eigenvalue weighted by Crippen LogP contribution is -2.46. The molecule has 1 aromatic rings. The van der Waals surface area contributed by atoms with Crippen molar-refractivity contribution >= 4 is 17.6 Å². The Hall–Kier alpha value is -2.15. The van der Waals surface area contributed by atoms with E-state index in [9.17, 15) is 9.59 Å². The number of rotatable bonds is 5. The third-order valence-electron chi connectivity index (χ3n) is 6.05. The van der Waals surface area contributed by atoms with Crippen molar-refractivity contribution in [1.29, 1.82) is 0 Å². The quantitative estimate of drug-likeness (QED) is 0.818. The molecule has 4 rings (SSSR count). The van der Waals surface area contributed by atoms with Crippen LogP contribution in [0.5, 0.6) is 0 Å². The van der Waals surface area contributed by atoms with E-state index in [1.54, 1.807) is 0 Å². The molecule has 7 nitrogen and oxygen atoms in total. The molecule has 0 bridgehead atoms. The average molecular weight is 401 g/mol. The summed E-state index contributed by atoms with van der Waals surface area (Å²) >= 11 is 0. The van der Waals surface area contributed by atoms with Crippen LogP contribution in [0.3, 0.4) is 0 Å². The maximum atomic E-state index is 12.6. The Balaban J connectivity index is 1.27. The fourth-order valence-corrected chi connectivity index (χ4v) is 4.39. The molecule has 7 heteroatoms. The molecule has 2 saturated heterocycles. The summed E-state index contributed by atoms with van der Waals surface area (Å²) in [6, 6.07) is 4.04. The van der Waals surface area contributed by atoms with Crippen molar-refractivity contribution in [2.24, 2.45) is 11.8 Å². The highest BCUT2D eigenvalue weighted by atomic mass is 16.5. The van der Waals surface area contributed by atoms with Gasteiger partial charge in [-0.15, -0.1) is 0 Å². The van der Waals surface area contributed by atoms with E-state index in [-0.39, 0.29) is 35.9 Å². The first kappa shape index (κ1) is 20.1. The van der Waals surface area contributed by atoms with Crippen LogP contribution >= 0.6 is 0 Å². The molecule has 29 heavy (non-hydrogen) atoms. The molecule has 1 saturated carbocycles. The van der Waals surface area contributed by atoms with Gasteiger partial charge in [0.05, 0.1) is 18.1 Å². The van der Waals surface area contributed by atoms with Crippen LogP contribution in [0.1, 0.15) is 45.1 Å². The van der Waals surface area contributed by atoms with Gasteiger partial charge in [-0.2, -0.15) is 0 Å². The van der Waals surface area contributed by atoms with E-state index in [1.165, 1.54) is 0 Å². The molecule has 3 heterocycles. The van der Waals surface area contributed by atoms with Gasteiger partial charge < -0.3 is 19.9 Å². The van der Waals surface area contributed by atoms with Gasteiger partial charge in [0.2, 0.25) is 11.8 Å². The van der Waals surface area contributed by atoms with Gasteiger partial charge in [0.25, 0.3) is 0 Å². The molecule has 1 N–H and O–H groups in total. The van der Waals surface area contributed by atoms with E-state index in [0.717, 1.165) is 56.7 Å². The van der Waals surface area contributed by atoms with Gasteiger partial charge in [-0.25, -0.2) is 4.98 Å². The van der Waals surface area contributed by atoms with Crippen LogP contribution in [-0.2, 0) is 20.9 Å². The summed E-state index contributed by atoms with van der Waals surface area (Å²) in [5, 5.41) is 3.04. The SMILES string of the molecule is CC1CN(c2ccc(CNC(=O)C3CCCN(C(=O)C4CC4)C3)cn2)CC(C)O1. The summed E-state index contributed by atoms with van der Waals surface area (Å²) < 4.78 is 5.78. The molecular formula is C22H32N4O3. The zero-order chi connectivity index (χ0) is 20.4. The summed E-state index contributed by atoms with van der Waals surface area (Å²) in [5.41, 5.74) is 0.984. The molecule has 0 spiro atoms. The van der Waals surface area contributed by atoms with Crippen LogP contribution < -0.4 is 10.2 Å². The second kappa shape index (κ2) is 8.69. The number of piperidine rings is 1. The zero-order valence-corrected chi connectivity index (χ0v) is 17.5. The van der Waals surface area contributed by atoms with Crippen LogP contribution in [-0.4, -0.2) is 60.1 Å². The Morgan fingerprint density at radius 3 is 2.52 bits per heavy atom. The normalized spacial score (nSPS) is 27.6. The first-order valence-electron chi connectivity index (χ1n) is 10.9. The molecule has 2 amide bonds. The second-order valence-electron chi connectivity index (χ2n) is 8.80. The van der Waals surface area contributed by atoms with E-state index in [2.05, 4.69) is 29.0 Å². The topological polar surface area (TPSA) is 74.8 Å². The standard InChI is InChI=1S/C22H32N4O3/c1-15-12-26(13-16(2)29-15)20-8-5-17(10-23-20)11-24-21(27)19-4-3-9-25(14-19)22(28)18-6-7-18/h5,8,10,15-16,18-19H,3-4,6-7,9,11-14H2,1-2H3,(H,24,27). The molecule has 1 aliphatic carbocycles. The maximum absolute atomic E-state index is 12.6. The Bertz CT molecular complexity index is 724. The van der Waals surface area contributed by atoms with Gasteiger partial charge >= 0.3 is 0 Å². The molecule has 3 unspecified atom stereocenters. The van der Waals surface area contributed by atoms with Gasteiger partial charge in [0.1, 0.15) is 5.82 Å². The van der Waals surface area contributed by atoms with Crippen molar-refractivity contribution in [3.63, 3.8) is 0 Å². The molecule has 3 fully saturated rings. The number of hydrogen-bond acceptors (Lipinski definition) is 5. The Morgan fingerprint density at radius 1 is 1.10 bits per heavy atom. The number of hydrogen-bond donors (Lipinski definition) is 1. The highest BCUT2D eigenvalue weighted by molar-refractivity contribution is 5.83. The van der Waals surface area contributed by atoms with Crippen molar-refractivity contribution in [2.45, 2.75) is 58.3 Å². The number of aromatic nitrogens is 1. The number of nitrogens with zero attached hydrogens (tertiary/aromatic N) is 3. The lowest BCUT2D eigenvalue weighted by Gasteiger charge is -2.36. The number of likely N-dealkylation sites (tertiary alicyclic amines) is 1. The molecule has 3 aliphatic rings.